The molecular formula is C24H29N3O4. The summed E-state index contributed by atoms with van der Waals surface area (Å²) in [5.74, 6) is 0.587. The molecule has 7 nitrogen and oxygen atoms in total. The number of ether oxygens (including phenoxy) is 2. The van der Waals surface area contributed by atoms with Crippen molar-refractivity contribution >= 4 is 18.1 Å². The molecule has 0 aliphatic heterocycles. The number of hydrogen-bond donors (Lipinski definition) is 2. The summed E-state index contributed by atoms with van der Waals surface area (Å²) in [6.07, 6.45) is 1.51. The fourth-order valence-electron chi connectivity index (χ4n) is 2.77. The Balaban J connectivity index is 2.25. The molecule has 3 N–H and O–H groups in total. The Morgan fingerprint density at radius 1 is 1.13 bits per heavy atom. The van der Waals surface area contributed by atoms with Crippen molar-refractivity contribution in [3.05, 3.63) is 77.5 Å². The van der Waals surface area contributed by atoms with Crippen molar-refractivity contribution in [3.8, 4) is 5.75 Å². The third-order valence-electron chi connectivity index (χ3n) is 4.13. The summed E-state index contributed by atoms with van der Waals surface area (Å²) in [5, 5.41) is 2.94. The van der Waals surface area contributed by atoms with Gasteiger partial charge in [0.2, 0.25) is 0 Å². The van der Waals surface area contributed by atoms with Crippen LogP contribution in [0.2, 0.25) is 0 Å². The number of rotatable bonds is 8. The molecule has 0 fully saturated rings. The minimum atomic E-state index is -0.608. The molecule has 2 aromatic rings. The van der Waals surface area contributed by atoms with Gasteiger partial charge in [0.05, 0.1) is 17.5 Å². The molecule has 0 radical (unpaired) electrons. The number of aldehydes is 1. The fraction of sp³-hybridized carbons (Fsp3) is 0.292. The molecule has 2 rings (SSSR count). The smallest absolute Gasteiger partial charge is 0.408 e. The lowest BCUT2D eigenvalue weighted by Gasteiger charge is -2.24. The lowest BCUT2D eigenvalue weighted by Crippen LogP contribution is -2.35. The Morgan fingerprint density at radius 2 is 1.81 bits per heavy atom. The summed E-state index contributed by atoms with van der Waals surface area (Å²) in [4.78, 5) is 27.3. The minimum Gasteiger partial charge on any atom is -0.487 e. The zero-order chi connectivity index (χ0) is 22.9. The number of alkyl carbamates (subject to hydrolysis) is 1. The minimum absolute atomic E-state index is 0.0728. The van der Waals surface area contributed by atoms with E-state index < -0.39 is 17.7 Å². The number of nitrogens with zero attached hydrogens (tertiary/aromatic N) is 1. The maximum Gasteiger partial charge on any atom is 0.408 e. The third-order valence-corrected chi connectivity index (χ3v) is 4.13. The Kier molecular flexibility index (Phi) is 8.37. The summed E-state index contributed by atoms with van der Waals surface area (Å²) >= 11 is 0. The molecule has 1 unspecified atom stereocenters. The van der Waals surface area contributed by atoms with Crippen LogP contribution in [0.25, 0.3) is 0 Å². The van der Waals surface area contributed by atoms with Crippen molar-refractivity contribution in [2.24, 2.45) is 10.7 Å². The van der Waals surface area contributed by atoms with Crippen molar-refractivity contribution in [3.63, 3.8) is 0 Å². The zero-order valence-corrected chi connectivity index (χ0v) is 18.3. The van der Waals surface area contributed by atoms with Crippen LogP contribution in [0.15, 0.2) is 71.4 Å². The summed E-state index contributed by atoms with van der Waals surface area (Å²) in [7, 11) is 1.60. The normalized spacial score (nSPS) is 13.3. The summed E-state index contributed by atoms with van der Waals surface area (Å²) in [6.45, 7) is 5.59. The summed E-state index contributed by atoms with van der Waals surface area (Å²) < 4.78 is 11.3. The van der Waals surface area contributed by atoms with Gasteiger partial charge in [-0.05, 0) is 50.1 Å². The van der Waals surface area contributed by atoms with Gasteiger partial charge in [0.15, 0.2) is 6.29 Å². The van der Waals surface area contributed by atoms with Crippen LogP contribution in [0.1, 0.15) is 37.9 Å². The van der Waals surface area contributed by atoms with Gasteiger partial charge in [-0.3, -0.25) is 9.79 Å². The highest BCUT2D eigenvalue weighted by atomic mass is 16.6. The highest BCUT2D eigenvalue weighted by Crippen LogP contribution is 2.26. The molecule has 0 aliphatic carbocycles. The SMILES string of the molecule is CN=C(C=C(N)C=O)COc1cccc(C(NC(=O)OC(C)(C)C)c2ccccc2)c1. The van der Waals surface area contributed by atoms with Crippen LogP contribution in [-0.2, 0) is 9.53 Å². The number of carbonyl (C=O) groups excluding carboxylic acids is 2. The van der Waals surface area contributed by atoms with E-state index in [1.54, 1.807) is 13.1 Å². The molecule has 0 spiro atoms. The van der Waals surface area contributed by atoms with Gasteiger partial charge in [0.1, 0.15) is 18.0 Å². The molecule has 7 heteroatoms. The second-order valence-electron chi connectivity index (χ2n) is 7.83. The molecular weight excluding hydrogens is 394 g/mol. The second-order valence-corrected chi connectivity index (χ2v) is 7.83. The molecule has 0 saturated carbocycles. The van der Waals surface area contributed by atoms with Crippen molar-refractivity contribution in [1.29, 1.82) is 0 Å². The van der Waals surface area contributed by atoms with Gasteiger partial charge < -0.3 is 20.5 Å². The van der Waals surface area contributed by atoms with Crippen molar-refractivity contribution in [2.45, 2.75) is 32.4 Å². The molecule has 164 valence electrons. The van der Waals surface area contributed by atoms with E-state index in [4.69, 9.17) is 15.2 Å². The first kappa shape index (κ1) is 23.7. The van der Waals surface area contributed by atoms with E-state index in [2.05, 4.69) is 10.3 Å². The molecule has 0 bridgehead atoms. The Morgan fingerprint density at radius 3 is 2.42 bits per heavy atom. The zero-order valence-electron chi connectivity index (χ0n) is 18.3. The van der Waals surface area contributed by atoms with E-state index in [9.17, 15) is 9.59 Å². The molecule has 1 amide bonds. The van der Waals surface area contributed by atoms with Gasteiger partial charge in [0, 0.05) is 7.05 Å². The second kappa shape index (κ2) is 11.0. The first-order chi connectivity index (χ1) is 14.7. The maximum atomic E-state index is 12.5. The number of carbonyl (C=O) groups is 2. The predicted molar refractivity (Wildman–Crippen MR) is 121 cm³/mol. The molecule has 0 aliphatic rings. The summed E-state index contributed by atoms with van der Waals surface area (Å²) in [5.41, 5.74) is 7.27. The molecule has 2 aromatic carbocycles. The number of nitrogens with one attached hydrogen (secondary N) is 1. The monoisotopic (exact) mass is 423 g/mol. The number of amides is 1. The van der Waals surface area contributed by atoms with Gasteiger partial charge in [-0.15, -0.1) is 0 Å². The largest absolute Gasteiger partial charge is 0.487 e. The van der Waals surface area contributed by atoms with Crippen LogP contribution in [0, 0.1) is 0 Å². The van der Waals surface area contributed by atoms with E-state index in [0.29, 0.717) is 17.7 Å². The summed E-state index contributed by atoms with van der Waals surface area (Å²) in [6, 6.07) is 16.6. The lowest BCUT2D eigenvalue weighted by molar-refractivity contribution is -0.104. The van der Waals surface area contributed by atoms with Crippen LogP contribution in [0.4, 0.5) is 4.79 Å². The van der Waals surface area contributed by atoms with Gasteiger partial charge in [0.25, 0.3) is 0 Å². The first-order valence-electron chi connectivity index (χ1n) is 9.87. The average Bonchev–Trinajstić information content (AvgIpc) is 2.74. The van der Waals surface area contributed by atoms with Crippen LogP contribution >= 0.6 is 0 Å². The van der Waals surface area contributed by atoms with Crippen LogP contribution in [0.5, 0.6) is 5.75 Å². The standard InChI is InChI=1S/C24H29N3O4/c1-24(2,3)31-23(29)27-22(17-9-6-5-7-10-17)18-11-8-12-21(13-18)30-16-20(26-4)14-19(25)15-28/h5-15,22H,16,25H2,1-4H3,(H,27,29). The molecule has 31 heavy (non-hydrogen) atoms. The number of nitrogens with two attached hydrogens (primary N) is 1. The topological polar surface area (TPSA) is 103 Å². The van der Waals surface area contributed by atoms with Crippen LogP contribution in [0.3, 0.4) is 0 Å². The predicted octanol–water partition coefficient (Wildman–Crippen LogP) is 3.79. The molecule has 0 saturated heterocycles. The Labute approximate surface area is 183 Å². The van der Waals surface area contributed by atoms with E-state index in [1.165, 1.54) is 6.08 Å². The Hall–Kier alpha value is -3.61. The molecule has 0 aromatic heterocycles. The van der Waals surface area contributed by atoms with Gasteiger partial charge in [-0.1, -0.05) is 42.5 Å². The number of allylic oxidation sites excluding steroid dienone is 1. The van der Waals surface area contributed by atoms with Crippen LogP contribution < -0.4 is 15.8 Å². The molecule has 0 heterocycles. The van der Waals surface area contributed by atoms with Gasteiger partial charge in [-0.25, -0.2) is 4.79 Å². The Bertz CT molecular complexity index is 947. The van der Waals surface area contributed by atoms with E-state index >= 15 is 0 Å². The van der Waals surface area contributed by atoms with Crippen molar-refractivity contribution in [2.75, 3.05) is 13.7 Å². The molecule has 1 atom stereocenters. The van der Waals surface area contributed by atoms with Crippen LogP contribution in [-0.4, -0.2) is 37.3 Å². The van der Waals surface area contributed by atoms with E-state index in [-0.39, 0.29) is 12.3 Å². The van der Waals surface area contributed by atoms with Gasteiger partial charge in [-0.2, -0.15) is 0 Å². The first-order valence-corrected chi connectivity index (χ1v) is 9.87. The van der Waals surface area contributed by atoms with Crippen molar-refractivity contribution < 1.29 is 19.1 Å². The highest BCUT2D eigenvalue weighted by Gasteiger charge is 2.22. The van der Waals surface area contributed by atoms with E-state index in [0.717, 1.165) is 11.1 Å². The maximum absolute atomic E-state index is 12.5. The fourth-order valence-corrected chi connectivity index (χ4v) is 2.77. The lowest BCUT2D eigenvalue weighted by atomic mass is 9.98. The highest BCUT2D eigenvalue weighted by molar-refractivity contribution is 5.99. The quantitative estimate of drug-likeness (QED) is 0.382. The van der Waals surface area contributed by atoms with E-state index in [1.807, 2.05) is 69.3 Å². The van der Waals surface area contributed by atoms with Gasteiger partial charge >= 0.3 is 6.09 Å². The number of hydrogen-bond acceptors (Lipinski definition) is 6. The number of benzene rings is 2. The number of aliphatic imine (C=N–C) groups is 1. The van der Waals surface area contributed by atoms with Crippen molar-refractivity contribution in [1.82, 2.24) is 5.32 Å². The average molecular weight is 424 g/mol. The third kappa shape index (κ3) is 7.97.